The second-order valence-electron chi connectivity index (χ2n) is 5.41. The number of aliphatic hydroxyl groups is 1. The number of halogens is 3. The molecule has 4 heteroatoms. The number of aliphatic hydroxyl groups excluding tert-OH is 1. The molecule has 0 heterocycles. The van der Waals surface area contributed by atoms with E-state index in [-0.39, 0.29) is 5.92 Å². The van der Waals surface area contributed by atoms with Crippen LogP contribution in [0.3, 0.4) is 0 Å². The first-order valence-electron chi connectivity index (χ1n) is 6.75. The van der Waals surface area contributed by atoms with Crippen LogP contribution in [0, 0.1) is 12.8 Å². The fraction of sp³-hybridized carbons (Fsp3) is 0.600. The van der Waals surface area contributed by atoms with Crippen LogP contribution >= 0.6 is 0 Å². The van der Waals surface area contributed by atoms with Crippen molar-refractivity contribution >= 4 is 0 Å². The Hall–Kier alpha value is -1.03. The highest BCUT2D eigenvalue weighted by Gasteiger charge is 2.31. The van der Waals surface area contributed by atoms with E-state index < -0.39 is 17.8 Å². The summed E-state index contributed by atoms with van der Waals surface area (Å²) in [6.07, 6.45) is 0.350. The molecule has 0 saturated heterocycles. The number of benzene rings is 1. The first kappa shape index (κ1) is 14.4. The number of hydrogen-bond donors (Lipinski definition) is 1. The molecule has 0 radical (unpaired) electrons. The molecule has 1 aromatic rings. The minimum absolute atomic E-state index is 0.184. The number of alkyl halides is 3. The zero-order valence-electron chi connectivity index (χ0n) is 11.0. The molecule has 1 unspecified atom stereocenters. The molecule has 1 saturated carbocycles. The quantitative estimate of drug-likeness (QED) is 0.832. The fourth-order valence-electron chi connectivity index (χ4n) is 2.89. The van der Waals surface area contributed by atoms with E-state index in [9.17, 15) is 18.3 Å². The topological polar surface area (TPSA) is 20.2 Å². The van der Waals surface area contributed by atoms with Crippen LogP contribution < -0.4 is 0 Å². The molecule has 0 aliphatic heterocycles. The van der Waals surface area contributed by atoms with E-state index in [4.69, 9.17) is 0 Å². The monoisotopic (exact) mass is 272 g/mol. The predicted octanol–water partition coefficient (Wildman–Crippen LogP) is 4.63. The summed E-state index contributed by atoms with van der Waals surface area (Å²) in [6, 6.07) is 3.62. The molecule has 1 atom stereocenters. The van der Waals surface area contributed by atoms with Gasteiger partial charge in [-0.15, -0.1) is 0 Å². The largest absolute Gasteiger partial charge is 0.416 e. The van der Waals surface area contributed by atoms with Crippen LogP contribution in [0.1, 0.15) is 54.9 Å². The van der Waals surface area contributed by atoms with E-state index in [1.165, 1.54) is 12.5 Å². The molecule has 106 valence electrons. The van der Waals surface area contributed by atoms with Gasteiger partial charge in [0.15, 0.2) is 0 Å². The average Bonchev–Trinajstić information content (AvgIpc) is 2.38. The van der Waals surface area contributed by atoms with Crippen LogP contribution in [0.4, 0.5) is 13.2 Å². The van der Waals surface area contributed by atoms with E-state index in [0.717, 1.165) is 37.8 Å². The molecule has 0 spiro atoms. The highest BCUT2D eigenvalue weighted by atomic mass is 19.4. The Morgan fingerprint density at radius 1 is 1.16 bits per heavy atom. The van der Waals surface area contributed by atoms with Gasteiger partial charge in [0.1, 0.15) is 0 Å². The van der Waals surface area contributed by atoms with Gasteiger partial charge in [0.25, 0.3) is 0 Å². The maximum Gasteiger partial charge on any atom is 0.416 e. The summed E-state index contributed by atoms with van der Waals surface area (Å²) in [6.45, 7) is 1.64. The highest BCUT2D eigenvalue weighted by molar-refractivity contribution is 5.34. The van der Waals surface area contributed by atoms with Crippen molar-refractivity contribution in [2.45, 2.75) is 51.3 Å². The molecular weight excluding hydrogens is 253 g/mol. The lowest BCUT2D eigenvalue weighted by Gasteiger charge is -2.28. The second kappa shape index (κ2) is 5.53. The van der Waals surface area contributed by atoms with Crippen molar-refractivity contribution in [1.82, 2.24) is 0 Å². The van der Waals surface area contributed by atoms with Crippen LogP contribution in [-0.4, -0.2) is 5.11 Å². The zero-order valence-corrected chi connectivity index (χ0v) is 11.0. The van der Waals surface area contributed by atoms with E-state index in [0.29, 0.717) is 11.1 Å². The predicted molar refractivity (Wildman–Crippen MR) is 67.7 cm³/mol. The van der Waals surface area contributed by atoms with Crippen molar-refractivity contribution in [3.63, 3.8) is 0 Å². The lowest BCUT2D eigenvalue weighted by molar-refractivity contribution is -0.137. The van der Waals surface area contributed by atoms with Crippen molar-refractivity contribution < 1.29 is 18.3 Å². The van der Waals surface area contributed by atoms with Gasteiger partial charge < -0.3 is 5.11 Å². The molecule has 1 N–H and O–H groups in total. The maximum atomic E-state index is 12.6. The minimum atomic E-state index is -4.32. The molecular formula is C15H19F3O. The van der Waals surface area contributed by atoms with Gasteiger partial charge in [-0.2, -0.15) is 13.2 Å². The van der Waals surface area contributed by atoms with Gasteiger partial charge in [0.05, 0.1) is 11.7 Å². The van der Waals surface area contributed by atoms with Crippen LogP contribution in [0.5, 0.6) is 0 Å². The molecule has 2 rings (SSSR count). The second-order valence-corrected chi connectivity index (χ2v) is 5.41. The molecule has 1 nitrogen and oxygen atoms in total. The Morgan fingerprint density at radius 2 is 1.79 bits per heavy atom. The average molecular weight is 272 g/mol. The maximum absolute atomic E-state index is 12.6. The third kappa shape index (κ3) is 3.30. The molecule has 1 aliphatic carbocycles. The van der Waals surface area contributed by atoms with E-state index in [2.05, 4.69) is 0 Å². The summed E-state index contributed by atoms with van der Waals surface area (Å²) >= 11 is 0. The van der Waals surface area contributed by atoms with Crippen molar-refractivity contribution in [3.05, 3.63) is 34.9 Å². The van der Waals surface area contributed by atoms with Crippen molar-refractivity contribution in [2.75, 3.05) is 0 Å². The molecule has 1 aliphatic rings. The molecule has 0 bridgehead atoms. The Labute approximate surface area is 111 Å². The van der Waals surface area contributed by atoms with Gasteiger partial charge in [-0.3, -0.25) is 0 Å². The molecule has 0 aromatic heterocycles. The third-order valence-electron chi connectivity index (χ3n) is 4.01. The van der Waals surface area contributed by atoms with Gasteiger partial charge >= 0.3 is 6.18 Å². The molecule has 19 heavy (non-hydrogen) atoms. The fourth-order valence-corrected chi connectivity index (χ4v) is 2.89. The Kier molecular flexibility index (Phi) is 4.19. The Morgan fingerprint density at radius 3 is 2.32 bits per heavy atom. The van der Waals surface area contributed by atoms with Crippen LogP contribution in [0.15, 0.2) is 18.2 Å². The number of aryl methyl sites for hydroxylation is 1. The normalized spacial score (nSPS) is 19.4. The third-order valence-corrected chi connectivity index (χ3v) is 4.01. The molecule has 0 amide bonds. The van der Waals surface area contributed by atoms with Crippen molar-refractivity contribution in [1.29, 1.82) is 0 Å². The van der Waals surface area contributed by atoms with Crippen LogP contribution in [0.25, 0.3) is 0 Å². The first-order valence-corrected chi connectivity index (χ1v) is 6.75. The van der Waals surface area contributed by atoms with Crippen LogP contribution in [-0.2, 0) is 6.18 Å². The summed E-state index contributed by atoms with van der Waals surface area (Å²) < 4.78 is 37.8. The van der Waals surface area contributed by atoms with Gasteiger partial charge in [0.2, 0.25) is 0 Å². The smallest absolute Gasteiger partial charge is 0.388 e. The summed E-state index contributed by atoms with van der Waals surface area (Å²) in [5, 5.41) is 10.3. The van der Waals surface area contributed by atoms with Crippen molar-refractivity contribution in [2.24, 2.45) is 5.92 Å². The van der Waals surface area contributed by atoms with Gasteiger partial charge in [0, 0.05) is 0 Å². The van der Waals surface area contributed by atoms with E-state index in [1.54, 1.807) is 6.92 Å². The minimum Gasteiger partial charge on any atom is -0.388 e. The van der Waals surface area contributed by atoms with Gasteiger partial charge in [-0.25, -0.2) is 0 Å². The van der Waals surface area contributed by atoms with Crippen LogP contribution in [0.2, 0.25) is 0 Å². The van der Waals surface area contributed by atoms with E-state index >= 15 is 0 Å². The summed E-state index contributed by atoms with van der Waals surface area (Å²) in [7, 11) is 0. The standard InChI is InChI=1S/C15H19F3O/c1-10-9-12(15(16,17)18)7-8-13(10)14(19)11-5-3-2-4-6-11/h7-9,11,14,19H,2-6H2,1H3. The SMILES string of the molecule is Cc1cc(C(F)(F)F)ccc1C(O)C1CCCCC1. The highest BCUT2D eigenvalue weighted by Crippen LogP contribution is 2.37. The number of hydrogen-bond acceptors (Lipinski definition) is 1. The Bertz CT molecular complexity index is 434. The molecule has 1 fully saturated rings. The summed E-state index contributed by atoms with van der Waals surface area (Å²) in [5.74, 6) is 0.184. The zero-order chi connectivity index (χ0) is 14.0. The van der Waals surface area contributed by atoms with Gasteiger partial charge in [-0.1, -0.05) is 25.3 Å². The molecule has 1 aromatic carbocycles. The van der Waals surface area contributed by atoms with Gasteiger partial charge in [-0.05, 0) is 48.9 Å². The summed E-state index contributed by atoms with van der Waals surface area (Å²) in [4.78, 5) is 0. The Balaban J connectivity index is 2.20. The lowest BCUT2D eigenvalue weighted by Crippen LogP contribution is -2.17. The first-order chi connectivity index (χ1) is 8.89. The number of rotatable bonds is 2. The summed E-state index contributed by atoms with van der Waals surface area (Å²) in [5.41, 5.74) is 0.511. The van der Waals surface area contributed by atoms with E-state index in [1.807, 2.05) is 0 Å². The van der Waals surface area contributed by atoms with Crippen molar-refractivity contribution in [3.8, 4) is 0 Å². The lowest BCUT2D eigenvalue weighted by atomic mass is 9.81.